The molecule has 0 saturated heterocycles. The van der Waals surface area contributed by atoms with Crippen molar-refractivity contribution in [3.8, 4) is 0 Å². The van der Waals surface area contributed by atoms with E-state index in [1.807, 2.05) is 67.7 Å². The molecule has 17 heavy (non-hydrogen) atoms. The molecule has 0 spiro atoms. The second-order valence-electron chi connectivity index (χ2n) is 4.01. The normalized spacial score (nSPS) is 9.94. The highest BCUT2D eigenvalue weighted by atomic mass is 16.2. The number of hydrogen-bond donors (Lipinski definition) is 0. The Kier molecular flexibility index (Phi) is 3.55. The van der Waals surface area contributed by atoms with Crippen molar-refractivity contribution < 1.29 is 4.79 Å². The van der Waals surface area contributed by atoms with Crippen molar-refractivity contribution in [3.63, 3.8) is 0 Å². The highest BCUT2D eigenvalue weighted by molar-refractivity contribution is 5.93. The molecule has 0 aromatic heterocycles. The lowest BCUT2D eigenvalue weighted by Crippen LogP contribution is -2.26. The lowest BCUT2D eigenvalue weighted by molar-refractivity contribution is 0.0785. The highest BCUT2D eigenvalue weighted by Crippen LogP contribution is 2.07. The topological polar surface area (TPSA) is 20.3 Å². The van der Waals surface area contributed by atoms with Gasteiger partial charge in [-0.15, -0.1) is 0 Å². The van der Waals surface area contributed by atoms with Crippen molar-refractivity contribution in [2.45, 2.75) is 6.54 Å². The van der Waals surface area contributed by atoms with Crippen LogP contribution in [0.1, 0.15) is 15.9 Å². The minimum Gasteiger partial charge on any atom is -0.337 e. The van der Waals surface area contributed by atoms with Crippen molar-refractivity contribution in [2.24, 2.45) is 0 Å². The number of hydrogen-bond acceptors (Lipinski definition) is 1. The zero-order chi connectivity index (χ0) is 12.1. The van der Waals surface area contributed by atoms with Gasteiger partial charge in [-0.1, -0.05) is 48.5 Å². The van der Waals surface area contributed by atoms with E-state index in [1.165, 1.54) is 0 Å². The first-order valence-electron chi connectivity index (χ1n) is 5.62. The molecule has 0 aliphatic heterocycles. The molecule has 0 saturated carbocycles. The van der Waals surface area contributed by atoms with Crippen LogP contribution in [0.25, 0.3) is 0 Å². The van der Waals surface area contributed by atoms with Gasteiger partial charge in [-0.05, 0) is 17.7 Å². The Labute approximate surface area is 102 Å². The average Bonchev–Trinajstić information content (AvgIpc) is 2.40. The monoisotopic (exact) mass is 225 g/mol. The van der Waals surface area contributed by atoms with Crippen LogP contribution in [0.2, 0.25) is 0 Å². The lowest BCUT2D eigenvalue weighted by Gasteiger charge is -2.17. The van der Waals surface area contributed by atoms with Crippen molar-refractivity contribution in [2.75, 3.05) is 7.05 Å². The van der Waals surface area contributed by atoms with Gasteiger partial charge in [0.15, 0.2) is 0 Å². The van der Waals surface area contributed by atoms with Crippen LogP contribution in [-0.2, 0) is 6.54 Å². The molecule has 2 heteroatoms. The first kappa shape index (κ1) is 11.4. The molecule has 0 unspecified atom stereocenters. The number of carbonyl (C=O) groups is 1. The van der Waals surface area contributed by atoms with Gasteiger partial charge in [-0.25, -0.2) is 0 Å². The third-order valence-corrected chi connectivity index (χ3v) is 2.63. The fraction of sp³-hybridized carbons (Fsp3) is 0.133. The number of amides is 1. The smallest absolute Gasteiger partial charge is 0.253 e. The van der Waals surface area contributed by atoms with Gasteiger partial charge < -0.3 is 4.90 Å². The molecule has 2 aromatic carbocycles. The summed E-state index contributed by atoms with van der Waals surface area (Å²) in [5.74, 6) is 0.0504. The lowest BCUT2D eigenvalue weighted by atomic mass is 10.1. The Morgan fingerprint density at radius 1 is 0.941 bits per heavy atom. The number of benzene rings is 2. The molecular formula is C15H15NO. The van der Waals surface area contributed by atoms with E-state index in [0.717, 1.165) is 11.1 Å². The average molecular weight is 225 g/mol. The van der Waals surface area contributed by atoms with E-state index in [4.69, 9.17) is 0 Å². The number of carbonyl (C=O) groups excluding carboxylic acids is 1. The van der Waals surface area contributed by atoms with Gasteiger partial charge in [-0.3, -0.25) is 4.79 Å². The Hall–Kier alpha value is -2.09. The fourth-order valence-corrected chi connectivity index (χ4v) is 1.73. The van der Waals surface area contributed by atoms with Gasteiger partial charge in [0.25, 0.3) is 5.91 Å². The van der Waals surface area contributed by atoms with Crippen LogP contribution < -0.4 is 0 Å². The molecule has 0 atom stereocenters. The molecule has 1 amide bonds. The van der Waals surface area contributed by atoms with Crippen LogP contribution in [0.3, 0.4) is 0 Å². The van der Waals surface area contributed by atoms with Crippen LogP contribution in [0, 0.1) is 0 Å². The number of nitrogens with zero attached hydrogens (tertiary/aromatic N) is 1. The van der Waals surface area contributed by atoms with Crippen molar-refractivity contribution >= 4 is 5.91 Å². The Bertz CT molecular complexity index is 479. The van der Waals surface area contributed by atoms with Crippen LogP contribution in [0.5, 0.6) is 0 Å². The van der Waals surface area contributed by atoms with Crippen molar-refractivity contribution in [1.82, 2.24) is 4.90 Å². The SMILES string of the molecule is CN(Cc1ccccc1)C(=O)c1ccccc1. The molecule has 2 rings (SSSR count). The van der Waals surface area contributed by atoms with Gasteiger partial charge in [-0.2, -0.15) is 0 Å². The summed E-state index contributed by atoms with van der Waals surface area (Å²) in [4.78, 5) is 13.8. The first-order chi connectivity index (χ1) is 8.27. The Morgan fingerprint density at radius 2 is 1.47 bits per heavy atom. The predicted molar refractivity (Wildman–Crippen MR) is 68.7 cm³/mol. The third kappa shape index (κ3) is 2.94. The quantitative estimate of drug-likeness (QED) is 0.786. The van der Waals surface area contributed by atoms with Crippen LogP contribution in [0.15, 0.2) is 60.7 Å². The maximum atomic E-state index is 12.1. The largest absolute Gasteiger partial charge is 0.337 e. The summed E-state index contributed by atoms with van der Waals surface area (Å²) < 4.78 is 0. The maximum Gasteiger partial charge on any atom is 0.253 e. The standard InChI is InChI=1S/C15H15NO/c1-16(12-13-8-4-2-5-9-13)15(17)14-10-6-3-7-11-14/h2-11H,12H2,1H3. The van der Waals surface area contributed by atoms with E-state index >= 15 is 0 Å². The van der Waals surface area contributed by atoms with E-state index in [0.29, 0.717) is 6.54 Å². The number of rotatable bonds is 3. The zero-order valence-electron chi connectivity index (χ0n) is 9.84. The van der Waals surface area contributed by atoms with Crippen LogP contribution >= 0.6 is 0 Å². The summed E-state index contributed by atoms with van der Waals surface area (Å²) in [5, 5.41) is 0. The summed E-state index contributed by atoms with van der Waals surface area (Å²) >= 11 is 0. The van der Waals surface area contributed by atoms with E-state index < -0.39 is 0 Å². The van der Waals surface area contributed by atoms with Crippen LogP contribution in [-0.4, -0.2) is 17.9 Å². The molecule has 0 bridgehead atoms. The molecule has 2 aromatic rings. The van der Waals surface area contributed by atoms with Gasteiger partial charge in [0.1, 0.15) is 0 Å². The molecule has 2 nitrogen and oxygen atoms in total. The summed E-state index contributed by atoms with van der Waals surface area (Å²) in [5.41, 5.74) is 1.87. The molecule has 0 aliphatic carbocycles. The van der Waals surface area contributed by atoms with E-state index in [1.54, 1.807) is 4.90 Å². The highest BCUT2D eigenvalue weighted by Gasteiger charge is 2.10. The molecule has 0 radical (unpaired) electrons. The fourth-order valence-electron chi connectivity index (χ4n) is 1.73. The predicted octanol–water partition coefficient (Wildman–Crippen LogP) is 2.96. The Morgan fingerprint density at radius 3 is 2.06 bits per heavy atom. The molecular weight excluding hydrogens is 210 g/mol. The van der Waals surface area contributed by atoms with Crippen LogP contribution in [0.4, 0.5) is 0 Å². The second kappa shape index (κ2) is 5.30. The first-order valence-corrected chi connectivity index (χ1v) is 5.62. The van der Waals surface area contributed by atoms with Gasteiger partial charge in [0, 0.05) is 19.2 Å². The summed E-state index contributed by atoms with van der Waals surface area (Å²) in [7, 11) is 1.82. The van der Waals surface area contributed by atoms with Gasteiger partial charge >= 0.3 is 0 Å². The van der Waals surface area contributed by atoms with Gasteiger partial charge in [0.05, 0.1) is 0 Å². The van der Waals surface area contributed by atoms with Crippen molar-refractivity contribution in [3.05, 3.63) is 71.8 Å². The van der Waals surface area contributed by atoms with E-state index in [-0.39, 0.29) is 5.91 Å². The minimum atomic E-state index is 0.0504. The molecule has 86 valence electrons. The Balaban J connectivity index is 2.06. The summed E-state index contributed by atoms with van der Waals surface area (Å²) in [6.07, 6.45) is 0. The summed E-state index contributed by atoms with van der Waals surface area (Å²) in [6, 6.07) is 19.3. The second-order valence-corrected chi connectivity index (χ2v) is 4.01. The third-order valence-electron chi connectivity index (χ3n) is 2.63. The van der Waals surface area contributed by atoms with Gasteiger partial charge in [0.2, 0.25) is 0 Å². The minimum absolute atomic E-state index is 0.0504. The zero-order valence-corrected chi connectivity index (χ0v) is 9.84. The molecule has 0 N–H and O–H groups in total. The van der Waals surface area contributed by atoms with E-state index in [2.05, 4.69) is 0 Å². The van der Waals surface area contributed by atoms with Crippen molar-refractivity contribution in [1.29, 1.82) is 0 Å². The molecule has 0 fully saturated rings. The summed E-state index contributed by atoms with van der Waals surface area (Å²) in [6.45, 7) is 0.633. The molecule has 0 aliphatic rings. The van der Waals surface area contributed by atoms with E-state index in [9.17, 15) is 4.79 Å². The molecule has 0 heterocycles. The maximum absolute atomic E-state index is 12.1.